The average molecular weight is 199 g/mol. The average Bonchev–Trinajstić information content (AvgIpc) is 2.01. The highest BCUT2D eigenvalue weighted by atomic mass is 16.4. The quantitative estimate of drug-likeness (QED) is 0.675. The molecule has 1 saturated carbocycles. The summed E-state index contributed by atoms with van der Waals surface area (Å²) in [5, 5.41) is 8.49. The Bertz CT molecular complexity index is 223. The summed E-state index contributed by atoms with van der Waals surface area (Å²) in [6.45, 7) is 3.24. The van der Waals surface area contributed by atoms with Crippen LogP contribution in [0.25, 0.3) is 0 Å². The molecular formula is C10H17NO3. The third-order valence-corrected chi connectivity index (χ3v) is 2.74. The largest absolute Gasteiger partial charge is 0.481 e. The van der Waals surface area contributed by atoms with E-state index in [4.69, 9.17) is 5.11 Å². The van der Waals surface area contributed by atoms with Gasteiger partial charge >= 0.3 is 5.97 Å². The molecule has 4 nitrogen and oxygen atoms in total. The van der Waals surface area contributed by atoms with E-state index in [0.29, 0.717) is 12.5 Å². The van der Waals surface area contributed by atoms with Crippen LogP contribution >= 0.6 is 0 Å². The SMILES string of the molecule is CCN(CC1CCC1)C(=O)CC(=O)O. The summed E-state index contributed by atoms with van der Waals surface area (Å²) in [5.74, 6) is -0.693. The van der Waals surface area contributed by atoms with E-state index in [0.717, 1.165) is 6.54 Å². The van der Waals surface area contributed by atoms with Crippen molar-refractivity contribution in [1.82, 2.24) is 4.90 Å². The molecule has 0 aliphatic heterocycles. The molecule has 14 heavy (non-hydrogen) atoms. The number of carboxylic acids is 1. The number of carboxylic acid groups (broad SMARTS) is 1. The second-order valence-corrected chi connectivity index (χ2v) is 3.80. The molecule has 0 radical (unpaired) electrons. The van der Waals surface area contributed by atoms with E-state index in [1.165, 1.54) is 19.3 Å². The highest BCUT2D eigenvalue weighted by molar-refractivity contribution is 5.93. The molecule has 0 spiro atoms. The Balaban J connectivity index is 2.35. The zero-order valence-corrected chi connectivity index (χ0v) is 8.53. The van der Waals surface area contributed by atoms with Crippen molar-refractivity contribution in [3.63, 3.8) is 0 Å². The van der Waals surface area contributed by atoms with E-state index in [2.05, 4.69) is 0 Å². The standard InChI is InChI=1S/C10H17NO3/c1-2-11(7-8-4-3-5-8)9(12)6-10(13)14/h8H,2-7H2,1H3,(H,13,14). The van der Waals surface area contributed by atoms with Gasteiger partial charge in [0.1, 0.15) is 6.42 Å². The van der Waals surface area contributed by atoms with Gasteiger partial charge in [-0.3, -0.25) is 9.59 Å². The second kappa shape index (κ2) is 4.98. The lowest BCUT2D eigenvalue weighted by Crippen LogP contribution is -2.38. The van der Waals surface area contributed by atoms with Crippen LogP contribution in [-0.4, -0.2) is 35.0 Å². The maximum Gasteiger partial charge on any atom is 0.312 e. The first kappa shape index (κ1) is 11.0. The number of hydrogen-bond donors (Lipinski definition) is 1. The van der Waals surface area contributed by atoms with Gasteiger partial charge in [-0.15, -0.1) is 0 Å². The molecule has 1 rings (SSSR count). The molecule has 0 aromatic carbocycles. The van der Waals surface area contributed by atoms with Crippen molar-refractivity contribution in [1.29, 1.82) is 0 Å². The van der Waals surface area contributed by atoms with Gasteiger partial charge in [0.15, 0.2) is 0 Å². The summed E-state index contributed by atoms with van der Waals surface area (Å²) in [6, 6.07) is 0. The molecule has 1 N–H and O–H groups in total. The minimum absolute atomic E-state index is 0.257. The first-order valence-corrected chi connectivity index (χ1v) is 5.13. The molecule has 0 aromatic rings. The molecule has 0 unspecified atom stereocenters. The molecular weight excluding hydrogens is 182 g/mol. The fourth-order valence-corrected chi connectivity index (χ4v) is 1.64. The predicted molar refractivity (Wildman–Crippen MR) is 51.8 cm³/mol. The Kier molecular flexibility index (Phi) is 3.92. The number of nitrogens with zero attached hydrogens (tertiary/aromatic N) is 1. The summed E-state index contributed by atoms with van der Waals surface area (Å²) >= 11 is 0. The molecule has 0 bridgehead atoms. The van der Waals surface area contributed by atoms with Crippen molar-refractivity contribution in [2.75, 3.05) is 13.1 Å². The molecule has 0 aromatic heterocycles. The van der Waals surface area contributed by atoms with Crippen molar-refractivity contribution in [3.05, 3.63) is 0 Å². The van der Waals surface area contributed by atoms with Crippen LogP contribution in [0.1, 0.15) is 32.6 Å². The molecule has 1 fully saturated rings. The first-order chi connectivity index (χ1) is 6.63. The fraction of sp³-hybridized carbons (Fsp3) is 0.800. The number of rotatable bonds is 5. The van der Waals surface area contributed by atoms with Gasteiger partial charge < -0.3 is 10.0 Å². The van der Waals surface area contributed by atoms with Crippen LogP contribution in [-0.2, 0) is 9.59 Å². The maximum atomic E-state index is 11.4. The van der Waals surface area contributed by atoms with Crippen LogP contribution in [0.15, 0.2) is 0 Å². The predicted octanol–water partition coefficient (Wildman–Crippen LogP) is 1.11. The Morgan fingerprint density at radius 1 is 1.43 bits per heavy atom. The number of amides is 1. The third kappa shape index (κ3) is 3.01. The molecule has 0 heterocycles. The minimum Gasteiger partial charge on any atom is -0.481 e. The van der Waals surface area contributed by atoms with E-state index >= 15 is 0 Å². The lowest BCUT2D eigenvalue weighted by atomic mass is 9.85. The van der Waals surface area contributed by atoms with Crippen LogP contribution < -0.4 is 0 Å². The monoisotopic (exact) mass is 199 g/mol. The van der Waals surface area contributed by atoms with Gasteiger partial charge in [-0.25, -0.2) is 0 Å². The summed E-state index contributed by atoms with van der Waals surface area (Å²) in [7, 11) is 0. The van der Waals surface area contributed by atoms with Gasteiger partial charge in [-0.2, -0.15) is 0 Å². The highest BCUT2D eigenvalue weighted by Crippen LogP contribution is 2.27. The van der Waals surface area contributed by atoms with Gasteiger partial charge in [0, 0.05) is 13.1 Å². The minimum atomic E-state index is -1.04. The van der Waals surface area contributed by atoms with Crippen LogP contribution in [0.2, 0.25) is 0 Å². The molecule has 1 aliphatic rings. The molecule has 0 atom stereocenters. The van der Waals surface area contributed by atoms with Crippen LogP contribution in [0, 0.1) is 5.92 Å². The van der Waals surface area contributed by atoms with Gasteiger partial charge in [0.25, 0.3) is 0 Å². The second-order valence-electron chi connectivity index (χ2n) is 3.80. The van der Waals surface area contributed by atoms with Gasteiger partial charge in [-0.05, 0) is 25.7 Å². The summed E-state index contributed by atoms with van der Waals surface area (Å²) in [6.07, 6.45) is 3.23. The van der Waals surface area contributed by atoms with Gasteiger partial charge in [0.2, 0.25) is 5.91 Å². The third-order valence-electron chi connectivity index (χ3n) is 2.74. The van der Waals surface area contributed by atoms with Crippen molar-refractivity contribution >= 4 is 11.9 Å². The number of carbonyl (C=O) groups excluding carboxylic acids is 1. The van der Waals surface area contributed by atoms with Crippen molar-refractivity contribution < 1.29 is 14.7 Å². The van der Waals surface area contributed by atoms with Crippen molar-refractivity contribution in [2.45, 2.75) is 32.6 Å². The molecule has 4 heteroatoms. The lowest BCUT2D eigenvalue weighted by molar-refractivity contribution is -0.144. The van der Waals surface area contributed by atoms with E-state index in [9.17, 15) is 9.59 Å². The van der Waals surface area contributed by atoms with E-state index in [-0.39, 0.29) is 12.3 Å². The topological polar surface area (TPSA) is 57.6 Å². The lowest BCUT2D eigenvalue weighted by Gasteiger charge is -2.31. The number of aliphatic carboxylic acids is 1. The van der Waals surface area contributed by atoms with Crippen LogP contribution in [0.5, 0.6) is 0 Å². The molecule has 80 valence electrons. The Labute approximate surface area is 83.9 Å². The van der Waals surface area contributed by atoms with Gasteiger partial charge in [0.05, 0.1) is 0 Å². The van der Waals surface area contributed by atoms with Crippen molar-refractivity contribution in [3.8, 4) is 0 Å². The van der Waals surface area contributed by atoms with Gasteiger partial charge in [-0.1, -0.05) is 6.42 Å². The summed E-state index contributed by atoms with van der Waals surface area (Å²) in [5.41, 5.74) is 0. The molecule has 0 saturated heterocycles. The normalized spacial score (nSPS) is 16.1. The fourth-order valence-electron chi connectivity index (χ4n) is 1.64. The first-order valence-electron chi connectivity index (χ1n) is 5.13. The Hall–Kier alpha value is -1.06. The summed E-state index contributed by atoms with van der Waals surface area (Å²) in [4.78, 5) is 23.4. The molecule has 1 aliphatic carbocycles. The van der Waals surface area contributed by atoms with E-state index in [1.54, 1.807) is 4.90 Å². The van der Waals surface area contributed by atoms with E-state index in [1.807, 2.05) is 6.92 Å². The number of hydrogen-bond acceptors (Lipinski definition) is 2. The summed E-state index contributed by atoms with van der Waals surface area (Å²) < 4.78 is 0. The maximum absolute atomic E-state index is 11.4. The van der Waals surface area contributed by atoms with Crippen LogP contribution in [0.4, 0.5) is 0 Å². The van der Waals surface area contributed by atoms with E-state index < -0.39 is 5.97 Å². The van der Waals surface area contributed by atoms with Crippen molar-refractivity contribution in [2.24, 2.45) is 5.92 Å². The zero-order valence-electron chi connectivity index (χ0n) is 8.53. The highest BCUT2D eigenvalue weighted by Gasteiger charge is 2.23. The number of carbonyl (C=O) groups is 2. The Morgan fingerprint density at radius 3 is 2.43 bits per heavy atom. The Morgan fingerprint density at radius 2 is 2.07 bits per heavy atom. The smallest absolute Gasteiger partial charge is 0.312 e. The zero-order chi connectivity index (χ0) is 10.6. The molecule has 1 amide bonds. The van der Waals surface area contributed by atoms with Crippen LogP contribution in [0.3, 0.4) is 0 Å².